The lowest BCUT2D eigenvalue weighted by Gasteiger charge is -2.12. The van der Waals surface area contributed by atoms with E-state index in [1.54, 1.807) is 0 Å². The fraction of sp³-hybridized carbons (Fsp3) is 0.308. The highest BCUT2D eigenvalue weighted by atomic mass is 15.3. The molecule has 1 N–H and O–H groups in total. The standard InChI is InChI=1S/C13H17N3/c1-10-9-13(15-16(10)3)14-11(2)12-7-5-4-6-8-12/h4-9,11H,1-3H3,(H,14,15). The highest BCUT2D eigenvalue weighted by Crippen LogP contribution is 2.18. The van der Waals surface area contributed by atoms with Crippen LogP contribution in [0.3, 0.4) is 0 Å². The fourth-order valence-corrected chi connectivity index (χ4v) is 1.68. The van der Waals surface area contributed by atoms with Gasteiger partial charge in [-0.05, 0) is 19.4 Å². The molecule has 1 heterocycles. The summed E-state index contributed by atoms with van der Waals surface area (Å²) in [4.78, 5) is 0. The molecule has 0 aliphatic rings. The van der Waals surface area contributed by atoms with E-state index in [1.165, 1.54) is 5.56 Å². The van der Waals surface area contributed by atoms with Gasteiger partial charge in [-0.15, -0.1) is 0 Å². The first-order valence-corrected chi connectivity index (χ1v) is 5.49. The van der Waals surface area contributed by atoms with E-state index in [4.69, 9.17) is 0 Å². The summed E-state index contributed by atoms with van der Waals surface area (Å²) < 4.78 is 1.88. The van der Waals surface area contributed by atoms with Gasteiger partial charge in [0.1, 0.15) is 5.82 Å². The minimum atomic E-state index is 0.274. The Hall–Kier alpha value is -1.77. The number of nitrogens with one attached hydrogen (secondary N) is 1. The van der Waals surface area contributed by atoms with Crippen molar-refractivity contribution in [2.24, 2.45) is 7.05 Å². The van der Waals surface area contributed by atoms with Crippen LogP contribution in [0.2, 0.25) is 0 Å². The van der Waals surface area contributed by atoms with Gasteiger partial charge in [0.25, 0.3) is 0 Å². The van der Waals surface area contributed by atoms with Gasteiger partial charge in [0, 0.05) is 24.8 Å². The Morgan fingerprint density at radius 3 is 2.50 bits per heavy atom. The van der Waals surface area contributed by atoms with Crippen LogP contribution in [-0.4, -0.2) is 9.78 Å². The Balaban J connectivity index is 2.11. The van der Waals surface area contributed by atoms with Crippen molar-refractivity contribution in [3.8, 4) is 0 Å². The van der Waals surface area contributed by atoms with Crippen LogP contribution in [0.4, 0.5) is 5.82 Å². The van der Waals surface area contributed by atoms with Crippen LogP contribution in [0, 0.1) is 6.92 Å². The quantitative estimate of drug-likeness (QED) is 0.853. The summed E-state index contributed by atoms with van der Waals surface area (Å²) in [6.07, 6.45) is 0. The third-order valence-electron chi connectivity index (χ3n) is 2.78. The fourth-order valence-electron chi connectivity index (χ4n) is 1.68. The van der Waals surface area contributed by atoms with Gasteiger partial charge in [0.05, 0.1) is 0 Å². The molecule has 0 aliphatic carbocycles. The number of hydrogen-bond donors (Lipinski definition) is 1. The van der Waals surface area contributed by atoms with E-state index in [2.05, 4.69) is 47.7 Å². The average molecular weight is 215 g/mol. The van der Waals surface area contributed by atoms with Crippen LogP contribution in [0.15, 0.2) is 36.4 Å². The van der Waals surface area contributed by atoms with E-state index in [1.807, 2.05) is 24.7 Å². The molecule has 0 saturated carbocycles. The van der Waals surface area contributed by atoms with Gasteiger partial charge in [-0.2, -0.15) is 5.10 Å². The van der Waals surface area contributed by atoms with Crippen LogP contribution in [0.25, 0.3) is 0 Å². The number of hydrogen-bond acceptors (Lipinski definition) is 2. The van der Waals surface area contributed by atoms with Crippen LogP contribution in [0.5, 0.6) is 0 Å². The monoisotopic (exact) mass is 215 g/mol. The van der Waals surface area contributed by atoms with Gasteiger partial charge < -0.3 is 5.32 Å². The van der Waals surface area contributed by atoms with E-state index in [9.17, 15) is 0 Å². The minimum Gasteiger partial charge on any atom is -0.362 e. The molecule has 2 rings (SSSR count). The Morgan fingerprint density at radius 1 is 1.25 bits per heavy atom. The molecule has 0 spiro atoms. The largest absolute Gasteiger partial charge is 0.362 e. The molecular weight excluding hydrogens is 198 g/mol. The van der Waals surface area contributed by atoms with E-state index in [0.717, 1.165) is 11.5 Å². The van der Waals surface area contributed by atoms with Crippen LogP contribution < -0.4 is 5.32 Å². The zero-order valence-electron chi connectivity index (χ0n) is 9.94. The molecule has 1 unspecified atom stereocenters. The molecule has 0 amide bonds. The van der Waals surface area contributed by atoms with Crippen LogP contribution in [0.1, 0.15) is 24.2 Å². The van der Waals surface area contributed by atoms with Crippen molar-refractivity contribution < 1.29 is 0 Å². The molecule has 0 saturated heterocycles. The summed E-state index contributed by atoms with van der Waals surface area (Å²) in [6.45, 7) is 4.19. The Labute approximate surface area is 96.1 Å². The van der Waals surface area contributed by atoms with Crippen LogP contribution >= 0.6 is 0 Å². The molecule has 0 aliphatic heterocycles. The number of nitrogens with zero attached hydrogens (tertiary/aromatic N) is 2. The van der Waals surface area contributed by atoms with Gasteiger partial charge in [0.15, 0.2) is 0 Å². The van der Waals surface area contributed by atoms with Crippen molar-refractivity contribution in [3.05, 3.63) is 47.7 Å². The summed E-state index contributed by atoms with van der Waals surface area (Å²) in [6, 6.07) is 12.7. The van der Waals surface area contributed by atoms with Crippen molar-refractivity contribution in [2.45, 2.75) is 19.9 Å². The average Bonchev–Trinajstić information content (AvgIpc) is 2.59. The molecule has 16 heavy (non-hydrogen) atoms. The van der Waals surface area contributed by atoms with Gasteiger partial charge >= 0.3 is 0 Å². The minimum absolute atomic E-state index is 0.274. The smallest absolute Gasteiger partial charge is 0.148 e. The first kappa shape index (κ1) is 10.7. The van der Waals surface area contributed by atoms with Gasteiger partial charge in [-0.1, -0.05) is 30.3 Å². The van der Waals surface area contributed by atoms with Gasteiger partial charge in [-0.25, -0.2) is 0 Å². The maximum atomic E-state index is 4.38. The van der Waals surface area contributed by atoms with Gasteiger partial charge in [0.2, 0.25) is 0 Å². The highest BCUT2D eigenvalue weighted by molar-refractivity contribution is 5.39. The number of aryl methyl sites for hydroxylation is 2. The zero-order chi connectivity index (χ0) is 11.5. The molecule has 84 valence electrons. The normalized spacial score (nSPS) is 12.4. The first-order chi connectivity index (χ1) is 7.66. The third-order valence-corrected chi connectivity index (χ3v) is 2.78. The van der Waals surface area contributed by atoms with Crippen molar-refractivity contribution in [1.29, 1.82) is 0 Å². The summed E-state index contributed by atoms with van der Waals surface area (Å²) in [5.74, 6) is 0.927. The van der Waals surface area contributed by atoms with E-state index in [-0.39, 0.29) is 6.04 Å². The number of rotatable bonds is 3. The SMILES string of the molecule is Cc1cc(NC(C)c2ccccc2)nn1C. The molecule has 0 bridgehead atoms. The maximum absolute atomic E-state index is 4.38. The molecule has 0 radical (unpaired) electrons. The van der Waals surface area contributed by atoms with E-state index in [0.29, 0.717) is 0 Å². The number of anilines is 1. The number of aromatic nitrogens is 2. The lowest BCUT2D eigenvalue weighted by molar-refractivity contribution is 0.736. The summed E-state index contributed by atoms with van der Waals surface area (Å²) in [5, 5.41) is 7.77. The second-order valence-corrected chi connectivity index (χ2v) is 4.07. The van der Waals surface area contributed by atoms with Crippen LogP contribution in [-0.2, 0) is 7.05 Å². The molecule has 1 aromatic carbocycles. The predicted molar refractivity (Wildman–Crippen MR) is 66.4 cm³/mol. The molecule has 0 fully saturated rings. The van der Waals surface area contributed by atoms with E-state index < -0.39 is 0 Å². The predicted octanol–water partition coefficient (Wildman–Crippen LogP) is 2.90. The van der Waals surface area contributed by atoms with Crippen molar-refractivity contribution in [3.63, 3.8) is 0 Å². The van der Waals surface area contributed by atoms with Gasteiger partial charge in [-0.3, -0.25) is 4.68 Å². The molecule has 3 nitrogen and oxygen atoms in total. The Kier molecular flexibility index (Phi) is 2.95. The zero-order valence-corrected chi connectivity index (χ0v) is 9.94. The molecular formula is C13H17N3. The summed E-state index contributed by atoms with van der Waals surface area (Å²) in [7, 11) is 1.95. The summed E-state index contributed by atoms with van der Waals surface area (Å²) >= 11 is 0. The van der Waals surface area contributed by atoms with Crippen molar-refractivity contribution in [2.75, 3.05) is 5.32 Å². The Bertz CT molecular complexity index is 440. The van der Waals surface area contributed by atoms with Crippen molar-refractivity contribution >= 4 is 5.82 Å². The van der Waals surface area contributed by atoms with E-state index >= 15 is 0 Å². The topological polar surface area (TPSA) is 29.9 Å². The second kappa shape index (κ2) is 4.39. The molecule has 3 heteroatoms. The summed E-state index contributed by atoms with van der Waals surface area (Å²) in [5.41, 5.74) is 2.42. The molecule has 2 aromatic rings. The molecule has 1 aromatic heterocycles. The maximum Gasteiger partial charge on any atom is 0.148 e. The molecule has 1 atom stereocenters. The van der Waals surface area contributed by atoms with Crippen molar-refractivity contribution in [1.82, 2.24) is 9.78 Å². The first-order valence-electron chi connectivity index (χ1n) is 5.49. The Morgan fingerprint density at radius 2 is 1.94 bits per heavy atom. The lowest BCUT2D eigenvalue weighted by atomic mass is 10.1. The third kappa shape index (κ3) is 2.24. The lowest BCUT2D eigenvalue weighted by Crippen LogP contribution is -2.07. The highest BCUT2D eigenvalue weighted by Gasteiger charge is 2.07. The number of benzene rings is 1. The second-order valence-electron chi connectivity index (χ2n) is 4.07.